The number of H-pyrrole nitrogens is 1. The van der Waals surface area contributed by atoms with Gasteiger partial charge in [0.05, 0.1) is 5.92 Å². The summed E-state index contributed by atoms with van der Waals surface area (Å²) in [7, 11) is 0. The van der Waals surface area contributed by atoms with Crippen molar-refractivity contribution in [2.24, 2.45) is 5.92 Å². The summed E-state index contributed by atoms with van der Waals surface area (Å²) in [6.45, 7) is 1.73. The van der Waals surface area contributed by atoms with Crippen LogP contribution in [0.3, 0.4) is 0 Å². The maximum absolute atomic E-state index is 10.5. The van der Waals surface area contributed by atoms with E-state index in [0.717, 1.165) is 12.1 Å². The Labute approximate surface area is 83.5 Å². The second kappa shape index (κ2) is 5.27. The minimum atomic E-state index is -0.724. The van der Waals surface area contributed by atoms with Gasteiger partial charge in [0.1, 0.15) is 0 Å². The van der Waals surface area contributed by atoms with Crippen molar-refractivity contribution in [2.75, 3.05) is 0 Å². The van der Waals surface area contributed by atoms with E-state index in [1.54, 1.807) is 6.92 Å². The average molecular weight is 193 g/mol. The van der Waals surface area contributed by atoms with Crippen LogP contribution < -0.4 is 0 Å². The zero-order chi connectivity index (χ0) is 10.4. The summed E-state index contributed by atoms with van der Waals surface area (Å²) in [4.78, 5) is 13.5. The monoisotopic (exact) mass is 193 g/mol. The normalized spacial score (nSPS) is 13.2. The van der Waals surface area contributed by atoms with E-state index >= 15 is 0 Å². The number of allylic oxidation sites excluding steroid dienone is 1. The molecule has 3 heteroatoms. The highest BCUT2D eigenvalue weighted by atomic mass is 16.4. The molecular formula is C11H15NO2. The molecule has 0 fully saturated rings. The molecule has 0 radical (unpaired) electrons. The Kier molecular flexibility index (Phi) is 3.98. The molecule has 0 aliphatic heterocycles. The standard InChI is InChI=1S/C11H15NO2/c1-9(11(13)14)5-2-3-6-10-7-4-8-12-10/h3-4,6-9,12H,2,5H2,1H3,(H,13,14)/b6-3+. The molecular weight excluding hydrogens is 178 g/mol. The van der Waals surface area contributed by atoms with Gasteiger partial charge < -0.3 is 10.1 Å². The Hall–Kier alpha value is -1.51. The van der Waals surface area contributed by atoms with Crippen LogP contribution in [0.4, 0.5) is 0 Å². The topological polar surface area (TPSA) is 53.1 Å². The van der Waals surface area contributed by atoms with E-state index in [1.807, 2.05) is 30.5 Å². The van der Waals surface area contributed by atoms with E-state index < -0.39 is 5.97 Å². The molecule has 1 unspecified atom stereocenters. The second-order valence-electron chi connectivity index (χ2n) is 3.34. The van der Waals surface area contributed by atoms with E-state index in [1.165, 1.54) is 0 Å². The fourth-order valence-corrected chi connectivity index (χ4v) is 1.13. The van der Waals surface area contributed by atoms with Gasteiger partial charge in [0.2, 0.25) is 0 Å². The molecule has 0 saturated carbocycles. The molecule has 0 aromatic carbocycles. The molecule has 1 aromatic heterocycles. The van der Waals surface area contributed by atoms with Gasteiger partial charge in [0.25, 0.3) is 0 Å². The predicted molar refractivity (Wildman–Crippen MR) is 55.9 cm³/mol. The fourth-order valence-electron chi connectivity index (χ4n) is 1.13. The van der Waals surface area contributed by atoms with Crippen LogP contribution in [0.15, 0.2) is 24.4 Å². The number of aromatic nitrogens is 1. The van der Waals surface area contributed by atoms with Crippen molar-refractivity contribution in [3.8, 4) is 0 Å². The minimum Gasteiger partial charge on any atom is -0.481 e. The molecule has 0 aliphatic carbocycles. The summed E-state index contributed by atoms with van der Waals surface area (Å²) < 4.78 is 0. The van der Waals surface area contributed by atoms with E-state index in [2.05, 4.69) is 4.98 Å². The van der Waals surface area contributed by atoms with Gasteiger partial charge in [-0.25, -0.2) is 0 Å². The van der Waals surface area contributed by atoms with Gasteiger partial charge in [0, 0.05) is 11.9 Å². The first-order chi connectivity index (χ1) is 6.70. The Balaban J connectivity index is 2.25. The molecule has 0 spiro atoms. The van der Waals surface area contributed by atoms with Crippen molar-refractivity contribution in [3.05, 3.63) is 30.1 Å². The number of rotatable bonds is 5. The van der Waals surface area contributed by atoms with Gasteiger partial charge in [-0.3, -0.25) is 4.79 Å². The zero-order valence-corrected chi connectivity index (χ0v) is 8.23. The lowest BCUT2D eigenvalue weighted by Crippen LogP contribution is -2.08. The van der Waals surface area contributed by atoms with Crippen LogP contribution in [0.5, 0.6) is 0 Å². The van der Waals surface area contributed by atoms with Crippen molar-refractivity contribution >= 4 is 12.0 Å². The molecule has 1 atom stereocenters. The number of hydrogen-bond donors (Lipinski definition) is 2. The second-order valence-corrected chi connectivity index (χ2v) is 3.34. The highest BCUT2D eigenvalue weighted by Crippen LogP contribution is 2.07. The number of aliphatic carboxylic acids is 1. The first-order valence-corrected chi connectivity index (χ1v) is 4.73. The summed E-state index contributed by atoms with van der Waals surface area (Å²) >= 11 is 0. The third-order valence-corrected chi connectivity index (χ3v) is 2.11. The number of carboxylic acids is 1. The van der Waals surface area contributed by atoms with Crippen LogP contribution in [-0.4, -0.2) is 16.1 Å². The fraction of sp³-hybridized carbons (Fsp3) is 0.364. The van der Waals surface area contributed by atoms with E-state index in [9.17, 15) is 4.79 Å². The van der Waals surface area contributed by atoms with Crippen LogP contribution in [0, 0.1) is 5.92 Å². The van der Waals surface area contributed by atoms with Crippen molar-refractivity contribution in [3.63, 3.8) is 0 Å². The summed E-state index contributed by atoms with van der Waals surface area (Å²) in [5, 5.41) is 8.64. The molecule has 1 heterocycles. The molecule has 3 nitrogen and oxygen atoms in total. The van der Waals surface area contributed by atoms with Gasteiger partial charge >= 0.3 is 5.97 Å². The predicted octanol–water partition coefficient (Wildman–Crippen LogP) is 2.53. The van der Waals surface area contributed by atoms with Gasteiger partial charge in [0.15, 0.2) is 0 Å². The van der Waals surface area contributed by atoms with Gasteiger partial charge in [-0.2, -0.15) is 0 Å². The number of aromatic amines is 1. The molecule has 0 amide bonds. The number of carbonyl (C=O) groups is 1. The van der Waals surface area contributed by atoms with Gasteiger partial charge in [-0.1, -0.05) is 13.0 Å². The quantitative estimate of drug-likeness (QED) is 0.755. The van der Waals surface area contributed by atoms with Crippen LogP contribution >= 0.6 is 0 Å². The third kappa shape index (κ3) is 3.47. The summed E-state index contributed by atoms with van der Waals surface area (Å²) in [5.41, 5.74) is 1.05. The van der Waals surface area contributed by atoms with Crippen molar-refractivity contribution < 1.29 is 9.90 Å². The van der Waals surface area contributed by atoms with Crippen LogP contribution in [0.1, 0.15) is 25.5 Å². The third-order valence-electron chi connectivity index (χ3n) is 2.11. The smallest absolute Gasteiger partial charge is 0.306 e. The lowest BCUT2D eigenvalue weighted by Gasteiger charge is -2.01. The van der Waals surface area contributed by atoms with Crippen molar-refractivity contribution in [1.82, 2.24) is 4.98 Å². The largest absolute Gasteiger partial charge is 0.481 e. The maximum atomic E-state index is 10.5. The summed E-state index contributed by atoms with van der Waals surface area (Å²) in [5.74, 6) is -0.985. The van der Waals surface area contributed by atoms with E-state index in [4.69, 9.17) is 5.11 Å². The minimum absolute atomic E-state index is 0.261. The average Bonchev–Trinajstić information content (AvgIpc) is 2.64. The molecule has 0 saturated heterocycles. The maximum Gasteiger partial charge on any atom is 0.306 e. The molecule has 2 N–H and O–H groups in total. The van der Waals surface area contributed by atoms with Gasteiger partial charge in [-0.15, -0.1) is 0 Å². The van der Waals surface area contributed by atoms with Crippen molar-refractivity contribution in [2.45, 2.75) is 19.8 Å². The lowest BCUT2D eigenvalue weighted by molar-refractivity contribution is -0.141. The Bertz CT molecular complexity index is 301. The highest BCUT2D eigenvalue weighted by molar-refractivity contribution is 5.69. The number of carboxylic acid groups (broad SMARTS) is 1. The lowest BCUT2D eigenvalue weighted by atomic mass is 10.1. The molecule has 1 aromatic rings. The molecule has 0 aliphatic rings. The van der Waals surface area contributed by atoms with Crippen LogP contribution in [0.25, 0.3) is 6.08 Å². The molecule has 0 bridgehead atoms. The summed E-state index contributed by atoms with van der Waals surface area (Å²) in [6.07, 6.45) is 7.30. The van der Waals surface area contributed by atoms with Gasteiger partial charge in [-0.05, 0) is 31.1 Å². The van der Waals surface area contributed by atoms with Crippen LogP contribution in [-0.2, 0) is 4.79 Å². The number of nitrogens with one attached hydrogen (secondary N) is 1. The van der Waals surface area contributed by atoms with E-state index in [-0.39, 0.29) is 5.92 Å². The number of hydrogen-bond acceptors (Lipinski definition) is 1. The van der Waals surface area contributed by atoms with Crippen LogP contribution in [0.2, 0.25) is 0 Å². The molecule has 1 rings (SSSR count). The highest BCUT2D eigenvalue weighted by Gasteiger charge is 2.08. The summed E-state index contributed by atoms with van der Waals surface area (Å²) in [6, 6.07) is 3.90. The molecule has 14 heavy (non-hydrogen) atoms. The molecule has 76 valence electrons. The Morgan fingerprint density at radius 2 is 2.50 bits per heavy atom. The Morgan fingerprint density at radius 1 is 1.71 bits per heavy atom. The first-order valence-electron chi connectivity index (χ1n) is 4.73. The Morgan fingerprint density at radius 3 is 3.07 bits per heavy atom. The first kappa shape index (κ1) is 10.6. The van der Waals surface area contributed by atoms with Crippen molar-refractivity contribution in [1.29, 1.82) is 0 Å². The van der Waals surface area contributed by atoms with E-state index in [0.29, 0.717) is 6.42 Å². The zero-order valence-electron chi connectivity index (χ0n) is 8.23. The SMILES string of the molecule is CC(CC/C=C/c1ccc[nH]1)C(=O)O.